The summed E-state index contributed by atoms with van der Waals surface area (Å²) in [6, 6.07) is 8.10. The number of rotatable bonds is 8. The molecule has 2 unspecified atom stereocenters. The third kappa shape index (κ3) is 5.09. The largest absolute Gasteiger partial charge is 0.355 e. The molecule has 21 heavy (non-hydrogen) atoms. The average Bonchev–Trinajstić information content (AvgIpc) is 2.48. The fourth-order valence-electron chi connectivity index (χ4n) is 2.48. The Balaban J connectivity index is 3.05. The number of nitrogens with zero attached hydrogens (tertiary/aromatic N) is 1. The summed E-state index contributed by atoms with van der Waals surface area (Å²) in [7, 11) is 0. The summed E-state index contributed by atoms with van der Waals surface area (Å²) >= 11 is 3.61. The topological polar surface area (TPSA) is 58.4 Å². The molecule has 5 heteroatoms. The van der Waals surface area contributed by atoms with E-state index in [4.69, 9.17) is 5.73 Å². The predicted molar refractivity (Wildman–Crippen MR) is 91.1 cm³/mol. The Morgan fingerprint density at radius 1 is 1.33 bits per heavy atom. The number of hydrogen-bond donors (Lipinski definition) is 2. The zero-order valence-corrected chi connectivity index (χ0v) is 14.7. The quantitative estimate of drug-likeness (QED) is 0.753. The molecule has 0 fully saturated rings. The van der Waals surface area contributed by atoms with Crippen LogP contribution in [0.3, 0.4) is 0 Å². The van der Waals surface area contributed by atoms with Crippen molar-refractivity contribution in [2.24, 2.45) is 5.73 Å². The summed E-state index contributed by atoms with van der Waals surface area (Å²) in [6.45, 7) is 7.86. The standard InChI is InChI=1S/C16H26BrN3O/c1-4-14(18)16(12-9-7-8-10-13(12)17)20(6-3)11-15(21)19-5-2/h7-10,14,16H,4-6,11,18H2,1-3H3,(H,19,21). The second-order valence-corrected chi connectivity index (χ2v) is 5.91. The summed E-state index contributed by atoms with van der Waals surface area (Å²) < 4.78 is 1.04. The summed E-state index contributed by atoms with van der Waals surface area (Å²) in [6.07, 6.45) is 0.859. The Hall–Kier alpha value is -0.910. The van der Waals surface area contributed by atoms with E-state index in [9.17, 15) is 4.79 Å². The fourth-order valence-corrected chi connectivity index (χ4v) is 3.00. The van der Waals surface area contributed by atoms with Crippen LogP contribution < -0.4 is 11.1 Å². The smallest absolute Gasteiger partial charge is 0.234 e. The number of nitrogens with one attached hydrogen (secondary N) is 1. The predicted octanol–water partition coefficient (Wildman–Crippen LogP) is 2.69. The Kier molecular flexibility index (Phi) is 7.93. The second-order valence-electron chi connectivity index (χ2n) is 5.06. The molecule has 0 heterocycles. The maximum Gasteiger partial charge on any atom is 0.234 e. The first-order valence-corrected chi connectivity index (χ1v) is 8.35. The number of hydrogen-bond acceptors (Lipinski definition) is 3. The first kappa shape index (κ1) is 18.1. The number of halogens is 1. The lowest BCUT2D eigenvalue weighted by atomic mass is 9.96. The van der Waals surface area contributed by atoms with E-state index in [1.165, 1.54) is 0 Å². The van der Waals surface area contributed by atoms with Crippen LogP contribution in [0.2, 0.25) is 0 Å². The number of nitrogens with two attached hydrogens (primary N) is 1. The van der Waals surface area contributed by atoms with Gasteiger partial charge in [-0.25, -0.2) is 0 Å². The molecule has 2 atom stereocenters. The molecule has 0 saturated heterocycles. The number of carbonyl (C=O) groups is 1. The molecule has 0 aliphatic carbocycles. The number of amides is 1. The van der Waals surface area contributed by atoms with Gasteiger partial charge in [-0.3, -0.25) is 9.69 Å². The molecular formula is C16H26BrN3O. The molecule has 1 rings (SSSR count). The van der Waals surface area contributed by atoms with Gasteiger partial charge in [-0.2, -0.15) is 0 Å². The highest BCUT2D eigenvalue weighted by atomic mass is 79.9. The molecule has 3 N–H and O–H groups in total. The molecule has 0 spiro atoms. The van der Waals surface area contributed by atoms with Gasteiger partial charge in [0.05, 0.1) is 12.6 Å². The van der Waals surface area contributed by atoms with Crippen molar-refractivity contribution in [2.45, 2.75) is 39.3 Å². The van der Waals surface area contributed by atoms with E-state index in [1.54, 1.807) is 0 Å². The van der Waals surface area contributed by atoms with Crippen molar-refractivity contribution < 1.29 is 4.79 Å². The van der Waals surface area contributed by atoms with Gasteiger partial charge in [0.1, 0.15) is 0 Å². The van der Waals surface area contributed by atoms with Crippen molar-refractivity contribution in [3.8, 4) is 0 Å². The first-order valence-electron chi connectivity index (χ1n) is 7.55. The lowest BCUT2D eigenvalue weighted by Gasteiger charge is -2.35. The van der Waals surface area contributed by atoms with Gasteiger partial charge in [-0.05, 0) is 31.5 Å². The summed E-state index contributed by atoms with van der Waals surface area (Å²) in [5.74, 6) is 0.0414. The molecule has 4 nitrogen and oxygen atoms in total. The van der Waals surface area contributed by atoms with Crippen LogP contribution in [0.15, 0.2) is 28.7 Å². The minimum absolute atomic E-state index is 0.0157. The van der Waals surface area contributed by atoms with E-state index >= 15 is 0 Å². The van der Waals surface area contributed by atoms with Crippen LogP contribution >= 0.6 is 15.9 Å². The fraction of sp³-hybridized carbons (Fsp3) is 0.562. The molecule has 1 aromatic rings. The van der Waals surface area contributed by atoms with Crippen LogP contribution in [0.4, 0.5) is 0 Å². The zero-order valence-electron chi connectivity index (χ0n) is 13.1. The highest BCUT2D eigenvalue weighted by Crippen LogP contribution is 2.30. The van der Waals surface area contributed by atoms with Gasteiger partial charge >= 0.3 is 0 Å². The molecule has 1 aromatic carbocycles. The highest BCUT2D eigenvalue weighted by molar-refractivity contribution is 9.10. The molecule has 0 radical (unpaired) electrons. The lowest BCUT2D eigenvalue weighted by Crippen LogP contribution is -2.45. The van der Waals surface area contributed by atoms with E-state index < -0.39 is 0 Å². The SMILES string of the molecule is CCNC(=O)CN(CC)C(c1ccccc1Br)C(N)CC. The van der Waals surface area contributed by atoms with Gasteiger partial charge in [0.15, 0.2) is 0 Å². The number of carbonyl (C=O) groups excluding carboxylic acids is 1. The third-order valence-electron chi connectivity index (χ3n) is 3.62. The highest BCUT2D eigenvalue weighted by Gasteiger charge is 2.27. The van der Waals surface area contributed by atoms with E-state index in [1.807, 2.05) is 25.1 Å². The van der Waals surface area contributed by atoms with Crippen molar-refractivity contribution in [1.82, 2.24) is 10.2 Å². The monoisotopic (exact) mass is 355 g/mol. The van der Waals surface area contributed by atoms with Gasteiger partial charge in [-0.1, -0.05) is 48.0 Å². The molecule has 0 aliphatic heterocycles. The Labute approximate surface area is 136 Å². The van der Waals surface area contributed by atoms with Gasteiger partial charge in [0.25, 0.3) is 0 Å². The van der Waals surface area contributed by atoms with Gasteiger partial charge in [0.2, 0.25) is 5.91 Å². The van der Waals surface area contributed by atoms with E-state index in [0.29, 0.717) is 13.1 Å². The number of likely N-dealkylation sites (N-methyl/N-ethyl adjacent to an activating group) is 2. The van der Waals surface area contributed by atoms with Crippen molar-refractivity contribution in [1.29, 1.82) is 0 Å². The molecule has 1 amide bonds. The molecular weight excluding hydrogens is 330 g/mol. The molecule has 0 bridgehead atoms. The molecule has 0 aliphatic rings. The molecule has 0 saturated carbocycles. The Bertz CT molecular complexity index is 453. The maximum atomic E-state index is 11.9. The lowest BCUT2D eigenvalue weighted by molar-refractivity contribution is -0.122. The Morgan fingerprint density at radius 2 is 2.00 bits per heavy atom. The number of benzene rings is 1. The normalized spacial score (nSPS) is 14.0. The van der Waals surface area contributed by atoms with Crippen LogP contribution in [-0.2, 0) is 4.79 Å². The van der Waals surface area contributed by atoms with Crippen molar-refractivity contribution >= 4 is 21.8 Å². The van der Waals surface area contributed by atoms with Gasteiger partial charge < -0.3 is 11.1 Å². The second kappa shape index (κ2) is 9.18. The van der Waals surface area contributed by atoms with Gasteiger partial charge in [-0.15, -0.1) is 0 Å². The van der Waals surface area contributed by atoms with Gasteiger partial charge in [0, 0.05) is 17.1 Å². The first-order chi connectivity index (χ1) is 10.0. The summed E-state index contributed by atoms with van der Waals surface area (Å²) in [5.41, 5.74) is 7.49. The van der Waals surface area contributed by atoms with E-state index in [0.717, 1.165) is 23.0 Å². The minimum atomic E-state index is -0.0157. The van der Waals surface area contributed by atoms with Crippen molar-refractivity contribution in [2.75, 3.05) is 19.6 Å². The van der Waals surface area contributed by atoms with Crippen molar-refractivity contribution in [3.05, 3.63) is 34.3 Å². The van der Waals surface area contributed by atoms with Crippen LogP contribution in [0, 0.1) is 0 Å². The van der Waals surface area contributed by atoms with Crippen LogP contribution in [0.5, 0.6) is 0 Å². The van der Waals surface area contributed by atoms with E-state index in [2.05, 4.69) is 46.1 Å². The van der Waals surface area contributed by atoms with Crippen molar-refractivity contribution in [3.63, 3.8) is 0 Å². The Morgan fingerprint density at radius 3 is 2.52 bits per heavy atom. The molecule has 0 aromatic heterocycles. The van der Waals surface area contributed by atoms with Crippen LogP contribution in [0.1, 0.15) is 38.8 Å². The zero-order chi connectivity index (χ0) is 15.8. The minimum Gasteiger partial charge on any atom is -0.355 e. The third-order valence-corrected chi connectivity index (χ3v) is 4.34. The summed E-state index contributed by atoms with van der Waals surface area (Å²) in [4.78, 5) is 14.1. The summed E-state index contributed by atoms with van der Waals surface area (Å²) in [5, 5.41) is 2.86. The average molecular weight is 356 g/mol. The molecule has 118 valence electrons. The van der Waals surface area contributed by atoms with Crippen LogP contribution in [0.25, 0.3) is 0 Å². The maximum absolute atomic E-state index is 11.9. The van der Waals surface area contributed by atoms with Crippen LogP contribution in [-0.4, -0.2) is 36.5 Å². The van der Waals surface area contributed by atoms with E-state index in [-0.39, 0.29) is 18.0 Å².